The van der Waals surface area contributed by atoms with Crippen molar-refractivity contribution in [2.45, 2.75) is 39.7 Å². The van der Waals surface area contributed by atoms with Gasteiger partial charge in [0.25, 0.3) is 0 Å². The molecule has 0 spiro atoms. The minimum atomic E-state index is 0.626. The molecule has 0 aliphatic heterocycles. The van der Waals surface area contributed by atoms with E-state index in [0.29, 0.717) is 6.54 Å². The van der Waals surface area contributed by atoms with Crippen LogP contribution in [0.4, 0.5) is 5.69 Å². The predicted octanol–water partition coefficient (Wildman–Crippen LogP) is 3.08. The van der Waals surface area contributed by atoms with E-state index in [0.717, 1.165) is 6.54 Å². The van der Waals surface area contributed by atoms with Gasteiger partial charge in [-0.05, 0) is 30.5 Å². The van der Waals surface area contributed by atoms with Gasteiger partial charge in [-0.2, -0.15) is 0 Å². The molecule has 0 radical (unpaired) electrons. The molecule has 1 aromatic carbocycles. The lowest BCUT2D eigenvalue weighted by Gasteiger charge is -2.21. The molecular weight excluding hydrogens is 196 g/mol. The van der Waals surface area contributed by atoms with Crippen molar-refractivity contribution in [3.05, 3.63) is 29.3 Å². The number of aryl methyl sites for hydroxylation is 1. The van der Waals surface area contributed by atoms with Crippen LogP contribution in [0, 0.1) is 6.92 Å². The average molecular weight is 220 g/mol. The topological polar surface area (TPSA) is 29.3 Å². The lowest BCUT2D eigenvalue weighted by molar-refractivity contribution is 0.704. The van der Waals surface area contributed by atoms with Gasteiger partial charge in [0.1, 0.15) is 0 Å². The highest BCUT2D eigenvalue weighted by atomic mass is 15.1. The summed E-state index contributed by atoms with van der Waals surface area (Å²) in [5.74, 6) is 0. The number of anilines is 1. The first-order valence-electron chi connectivity index (χ1n) is 6.19. The van der Waals surface area contributed by atoms with Crippen LogP contribution in [0.3, 0.4) is 0 Å². The van der Waals surface area contributed by atoms with Gasteiger partial charge in [-0.3, -0.25) is 0 Å². The van der Waals surface area contributed by atoms with Crippen LogP contribution in [-0.4, -0.2) is 13.6 Å². The Labute approximate surface area is 99.5 Å². The normalized spacial score (nSPS) is 10.5. The van der Waals surface area contributed by atoms with Crippen LogP contribution < -0.4 is 10.6 Å². The quantitative estimate of drug-likeness (QED) is 0.746. The number of unbranched alkanes of at least 4 members (excludes halogenated alkanes) is 2. The molecule has 0 amide bonds. The van der Waals surface area contributed by atoms with Crippen LogP contribution in [0.2, 0.25) is 0 Å². The Kier molecular flexibility index (Phi) is 5.33. The van der Waals surface area contributed by atoms with E-state index in [4.69, 9.17) is 5.73 Å². The van der Waals surface area contributed by atoms with Gasteiger partial charge in [-0.25, -0.2) is 0 Å². The Morgan fingerprint density at radius 3 is 2.56 bits per heavy atom. The number of hydrogen-bond donors (Lipinski definition) is 1. The second-order valence-corrected chi connectivity index (χ2v) is 4.45. The molecule has 0 saturated carbocycles. The van der Waals surface area contributed by atoms with E-state index in [1.54, 1.807) is 0 Å². The highest BCUT2D eigenvalue weighted by Gasteiger charge is 2.04. The average Bonchev–Trinajstić information content (AvgIpc) is 2.29. The van der Waals surface area contributed by atoms with Crippen LogP contribution in [-0.2, 0) is 6.54 Å². The molecule has 0 aliphatic rings. The van der Waals surface area contributed by atoms with Crippen molar-refractivity contribution in [2.75, 3.05) is 18.5 Å². The van der Waals surface area contributed by atoms with E-state index in [2.05, 4.69) is 44.0 Å². The van der Waals surface area contributed by atoms with Gasteiger partial charge in [0.05, 0.1) is 0 Å². The Bertz CT molecular complexity index is 321. The maximum Gasteiger partial charge on any atom is 0.0393 e. The number of nitrogens with zero attached hydrogens (tertiary/aromatic N) is 1. The van der Waals surface area contributed by atoms with Gasteiger partial charge in [0, 0.05) is 25.8 Å². The summed E-state index contributed by atoms with van der Waals surface area (Å²) in [5, 5.41) is 0. The van der Waals surface area contributed by atoms with Crippen molar-refractivity contribution in [3.63, 3.8) is 0 Å². The van der Waals surface area contributed by atoms with E-state index in [-0.39, 0.29) is 0 Å². The predicted molar refractivity (Wildman–Crippen MR) is 71.9 cm³/mol. The minimum absolute atomic E-state index is 0.626. The van der Waals surface area contributed by atoms with E-state index in [1.165, 1.54) is 36.1 Å². The number of hydrogen-bond acceptors (Lipinski definition) is 2. The monoisotopic (exact) mass is 220 g/mol. The minimum Gasteiger partial charge on any atom is -0.374 e. The zero-order valence-corrected chi connectivity index (χ0v) is 10.8. The third-order valence-electron chi connectivity index (χ3n) is 3.01. The fraction of sp³-hybridized carbons (Fsp3) is 0.571. The molecule has 2 nitrogen and oxygen atoms in total. The van der Waals surface area contributed by atoms with Crippen LogP contribution >= 0.6 is 0 Å². The summed E-state index contributed by atoms with van der Waals surface area (Å²) >= 11 is 0. The molecule has 2 N–H and O–H groups in total. The van der Waals surface area contributed by atoms with Crippen molar-refractivity contribution < 1.29 is 0 Å². The smallest absolute Gasteiger partial charge is 0.0393 e. The molecule has 0 bridgehead atoms. The van der Waals surface area contributed by atoms with Crippen molar-refractivity contribution in [1.82, 2.24) is 0 Å². The Balaban J connectivity index is 2.64. The summed E-state index contributed by atoms with van der Waals surface area (Å²) in [7, 11) is 2.17. The zero-order chi connectivity index (χ0) is 12.0. The maximum atomic E-state index is 5.63. The van der Waals surface area contributed by atoms with E-state index in [1.807, 2.05) is 0 Å². The van der Waals surface area contributed by atoms with Crippen molar-refractivity contribution in [2.24, 2.45) is 5.73 Å². The second kappa shape index (κ2) is 6.54. The second-order valence-electron chi connectivity index (χ2n) is 4.45. The number of nitrogens with two attached hydrogens (primary N) is 1. The van der Waals surface area contributed by atoms with E-state index in [9.17, 15) is 0 Å². The lowest BCUT2D eigenvalue weighted by atomic mass is 10.1. The Morgan fingerprint density at radius 1 is 1.25 bits per heavy atom. The molecule has 0 saturated heterocycles. The maximum absolute atomic E-state index is 5.63. The summed E-state index contributed by atoms with van der Waals surface area (Å²) in [5.41, 5.74) is 9.49. The van der Waals surface area contributed by atoms with Crippen molar-refractivity contribution >= 4 is 5.69 Å². The molecule has 1 aromatic rings. The molecule has 0 atom stereocenters. The Morgan fingerprint density at radius 2 is 2.00 bits per heavy atom. The standard InChI is InChI=1S/C14H24N2/c1-4-5-6-9-16(3)14-8-7-13(11-15)10-12(14)2/h7-8,10H,4-6,9,11,15H2,1-3H3. The summed E-state index contributed by atoms with van der Waals surface area (Å²) in [6, 6.07) is 6.49. The van der Waals surface area contributed by atoms with E-state index >= 15 is 0 Å². The molecular formula is C14H24N2. The molecule has 0 aliphatic carbocycles. The third-order valence-corrected chi connectivity index (χ3v) is 3.01. The van der Waals surface area contributed by atoms with Gasteiger partial charge >= 0.3 is 0 Å². The first-order chi connectivity index (χ1) is 7.69. The molecule has 0 fully saturated rings. The summed E-state index contributed by atoms with van der Waals surface area (Å²) in [6.45, 7) is 6.16. The highest BCUT2D eigenvalue weighted by molar-refractivity contribution is 5.53. The summed E-state index contributed by atoms with van der Waals surface area (Å²) in [4.78, 5) is 2.34. The van der Waals surface area contributed by atoms with Crippen LogP contribution in [0.25, 0.3) is 0 Å². The SMILES string of the molecule is CCCCCN(C)c1ccc(CN)cc1C. The highest BCUT2D eigenvalue weighted by Crippen LogP contribution is 2.20. The first kappa shape index (κ1) is 13.0. The fourth-order valence-corrected chi connectivity index (χ4v) is 1.99. The Hall–Kier alpha value is -1.02. The molecule has 1 rings (SSSR count). The molecule has 0 heterocycles. The summed E-state index contributed by atoms with van der Waals surface area (Å²) < 4.78 is 0. The molecule has 0 aromatic heterocycles. The van der Waals surface area contributed by atoms with Crippen LogP contribution in [0.1, 0.15) is 37.3 Å². The third kappa shape index (κ3) is 3.53. The van der Waals surface area contributed by atoms with Crippen molar-refractivity contribution in [3.8, 4) is 0 Å². The number of benzene rings is 1. The van der Waals surface area contributed by atoms with Crippen molar-refractivity contribution in [1.29, 1.82) is 0 Å². The fourth-order valence-electron chi connectivity index (χ4n) is 1.99. The van der Waals surface area contributed by atoms with Gasteiger partial charge in [0.15, 0.2) is 0 Å². The van der Waals surface area contributed by atoms with Gasteiger partial charge in [0.2, 0.25) is 0 Å². The molecule has 16 heavy (non-hydrogen) atoms. The van der Waals surface area contributed by atoms with Crippen LogP contribution in [0.5, 0.6) is 0 Å². The first-order valence-corrected chi connectivity index (χ1v) is 6.19. The molecule has 0 unspecified atom stereocenters. The zero-order valence-electron chi connectivity index (χ0n) is 10.8. The molecule has 90 valence electrons. The van der Waals surface area contributed by atoms with Crippen LogP contribution in [0.15, 0.2) is 18.2 Å². The molecule has 2 heteroatoms. The largest absolute Gasteiger partial charge is 0.374 e. The number of rotatable bonds is 6. The van der Waals surface area contributed by atoms with Gasteiger partial charge in [-0.1, -0.05) is 31.9 Å². The lowest BCUT2D eigenvalue weighted by Crippen LogP contribution is -2.19. The van der Waals surface area contributed by atoms with E-state index < -0.39 is 0 Å². The van der Waals surface area contributed by atoms with Gasteiger partial charge < -0.3 is 10.6 Å². The van der Waals surface area contributed by atoms with Gasteiger partial charge in [-0.15, -0.1) is 0 Å². The summed E-state index contributed by atoms with van der Waals surface area (Å²) in [6.07, 6.45) is 3.86.